The summed E-state index contributed by atoms with van der Waals surface area (Å²) in [5.41, 5.74) is 2.23. The molecule has 0 aliphatic carbocycles. The Hall–Kier alpha value is -3.09. The fourth-order valence-corrected chi connectivity index (χ4v) is 3.09. The van der Waals surface area contributed by atoms with Crippen molar-refractivity contribution in [3.63, 3.8) is 0 Å². The maximum absolute atomic E-state index is 13.5. The summed E-state index contributed by atoms with van der Waals surface area (Å²) >= 11 is 12.1. The first kappa shape index (κ1) is 22.6. The summed E-state index contributed by atoms with van der Waals surface area (Å²) < 4.78 is 5.81. The van der Waals surface area contributed by atoms with Crippen molar-refractivity contribution < 1.29 is 14.3 Å². The molecule has 2 amide bonds. The maximum atomic E-state index is 13.5. The van der Waals surface area contributed by atoms with Gasteiger partial charge in [-0.3, -0.25) is 15.0 Å². The van der Waals surface area contributed by atoms with E-state index >= 15 is 0 Å². The van der Waals surface area contributed by atoms with E-state index in [1.54, 1.807) is 51.1 Å². The lowest BCUT2D eigenvalue weighted by atomic mass is 10.1. The number of hydrogen-bond donors (Lipinski definition) is 1. The average molecular weight is 458 g/mol. The highest BCUT2D eigenvalue weighted by molar-refractivity contribution is 6.35. The summed E-state index contributed by atoms with van der Waals surface area (Å²) in [5, 5.41) is 1.80. The number of nitrogens with zero attached hydrogens (tertiary/aromatic N) is 2. The molecule has 2 aromatic carbocycles. The zero-order valence-corrected chi connectivity index (χ0v) is 18.7. The first-order valence-electron chi connectivity index (χ1n) is 9.45. The lowest BCUT2D eigenvalue weighted by Gasteiger charge is -2.35. The number of hydrazine groups is 1. The SMILES string of the molecule is CC(C)(C)N(NC(=O)c1cc(Cl)ccc1Cl)C(=O)c1cccnc1Oc1ccccc1. The Balaban J connectivity index is 1.93. The molecule has 0 saturated heterocycles. The molecule has 0 aliphatic rings. The number of amides is 2. The molecule has 1 aromatic heterocycles. The van der Waals surface area contributed by atoms with Gasteiger partial charge in [0.15, 0.2) is 0 Å². The van der Waals surface area contributed by atoms with Crippen LogP contribution in [0.1, 0.15) is 41.5 Å². The minimum absolute atomic E-state index is 0.128. The number of halogens is 2. The maximum Gasteiger partial charge on any atom is 0.278 e. The highest BCUT2D eigenvalue weighted by Gasteiger charge is 2.32. The van der Waals surface area contributed by atoms with Gasteiger partial charge in [0.25, 0.3) is 11.8 Å². The number of para-hydroxylation sites is 1. The van der Waals surface area contributed by atoms with Gasteiger partial charge >= 0.3 is 0 Å². The van der Waals surface area contributed by atoms with Crippen LogP contribution in [0.15, 0.2) is 66.9 Å². The molecule has 0 bridgehead atoms. The van der Waals surface area contributed by atoms with E-state index in [2.05, 4.69) is 10.4 Å². The molecule has 0 unspecified atom stereocenters. The monoisotopic (exact) mass is 457 g/mol. The average Bonchev–Trinajstić information content (AvgIpc) is 2.73. The first-order valence-corrected chi connectivity index (χ1v) is 10.2. The van der Waals surface area contributed by atoms with E-state index in [0.29, 0.717) is 10.8 Å². The summed E-state index contributed by atoms with van der Waals surface area (Å²) in [7, 11) is 0. The highest BCUT2D eigenvalue weighted by atomic mass is 35.5. The zero-order valence-electron chi connectivity index (χ0n) is 17.2. The van der Waals surface area contributed by atoms with Crippen LogP contribution in [0.25, 0.3) is 0 Å². The molecule has 0 fully saturated rings. The van der Waals surface area contributed by atoms with Gasteiger partial charge in [-0.2, -0.15) is 0 Å². The van der Waals surface area contributed by atoms with Crippen molar-refractivity contribution in [2.75, 3.05) is 0 Å². The highest BCUT2D eigenvalue weighted by Crippen LogP contribution is 2.26. The van der Waals surface area contributed by atoms with Gasteiger partial charge in [-0.1, -0.05) is 41.4 Å². The van der Waals surface area contributed by atoms with E-state index < -0.39 is 17.4 Å². The minimum Gasteiger partial charge on any atom is -0.438 e. The van der Waals surface area contributed by atoms with Gasteiger partial charge in [0.05, 0.1) is 16.1 Å². The Morgan fingerprint density at radius 1 is 0.968 bits per heavy atom. The molecule has 0 aliphatic heterocycles. The number of rotatable bonds is 4. The molecular weight excluding hydrogens is 437 g/mol. The molecule has 6 nitrogen and oxygen atoms in total. The zero-order chi connectivity index (χ0) is 22.6. The molecule has 0 atom stereocenters. The largest absolute Gasteiger partial charge is 0.438 e. The quantitative estimate of drug-likeness (QED) is 0.504. The number of aromatic nitrogens is 1. The number of hydrogen-bond acceptors (Lipinski definition) is 4. The Labute approximate surface area is 190 Å². The van der Waals surface area contributed by atoms with E-state index in [4.69, 9.17) is 27.9 Å². The molecule has 160 valence electrons. The summed E-state index contributed by atoms with van der Waals surface area (Å²) in [5.74, 6) is -0.390. The normalized spacial score (nSPS) is 11.0. The van der Waals surface area contributed by atoms with Crippen LogP contribution in [0.2, 0.25) is 10.0 Å². The lowest BCUT2D eigenvalue weighted by Crippen LogP contribution is -2.56. The van der Waals surface area contributed by atoms with Crippen LogP contribution in [0.3, 0.4) is 0 Å². The Morgan fingerprint density at radius 2 is 1.68 bits per heavy atom. The molecule has 31 heavy (non-hydrogen) atoms. The van der Waals surface area contributed by atoms with Gasteiger partial charge in [-0.05, 0) is 63.2 Å². The number of carbonyl (C=O) groups is 2. The van der Waals surface area contributed by atoms with Gasteiger partial charge in [0.1, 0.15) is 11.3 Å². The number of ether oxygens (including phenoxy) is 1. The van der Waals surface area contributed by atoms with E-state index in [9.17, 15) is 9.59 Å². The van der Waals surface area contributed by atoms with Crippen LogP contribution in [0, 0.1) is 0 Å². The predicted molar refractivity (Wildman–Crippen MR) is 121 cm³/mol. The van der Waals surface area contributed by atoms with Crippen molar-refractivity contribution in [2.45, 2.75) is 26.3 Å². The molecule has 3 rings (SSSR count). The molecule has 0 spiro atoms. The third kappa shape index (κ3) is 5.54. The predicted octanol–water partition coefficient (Wildman–Crippen LogP) is 5.77. The van der Waals surface area contributed by atoms with Crippen LogP contribution >= 0.6 is 23.2 Å². The van der Waals surface area contributed by atoms with Gasteiger partial charge in [-0.25, -0.2) is 9.99 Å². The third-order valence-corrected chi connectivity index (χ3v) is 4.78. The van der Waals surface area contributed by atoms with Crippen LogP contribution in [0.4, 0.5) is 0 Å². The summed E-state index contributed by atoms with van der Waals surface area (Å²) in [6.07, 6.45) is 1.53. The fraction of sp³-hybridized carbons (Fsp3) is 0.174. The number of carbonyl (C=O) groups excluding carboxylic acids is 2. The minimum atomic E-state index is -0.766. The van der Waals surface area contributed by atoms with Crippen LogP contribution in [-0.2, 0) is 0 Å². The molecule has 1 heterocycles. The summed E-state index contributed by atoms with van der Waals surface area (Å²) in [4.78, 5) is 30.5. The van der Waals surface area contributed by atoms with Crippen molar-refractivity contribution in [1.29, 1.82) is 0 Å². The van der Waals surface area contributed by atoms with Gasteiger partial charge < -0.3 is 4.74 Å². The second-order valence-electron chi connectivity index (χ2n) is 7.65. The van der Waals surface area contributed by atoms with Crippen LogP contribution < -0.4 is 10.2 Å². The Bertz CT molecular complexity index is 1100. The molecule has 0 saturated carbocycles. The van der Waals surface area contributed by atoms with E-state index in [1.165, 1.54) is 23.3 Å². The first-order chi connectivity index (χ1) is 14.7. The smallest absolute Gasteiger partial charge is 0.278 e. The second kappa shape index (κ2) is 9.37. The lowest BCUT2D eigenvalue weighted by molar-refractivity contribution is 0.0356. The summed E-state index contributed by atoms with van der Waals surface area (Å²) in [6.45, 7) is 5.37. The molecule has 0 radical (unpaired) electrons. The Kier molecular flexibility index (Phi) is 6.83. The summed E-state index contributed by atoms with van der Waals surface area (Å²) in [6, 6.07) is 16.8. The number of benzene rings is 2. The van der Waals surface area contributed by atoms with Crippen molar-refractivity contribution >= 4 is 35.0 Å². The standard InChI is InChI=1S/C23H21Cl2N3O3/c1-23(2,3)28(27-20(29)18-14-15(24)11-12-19(18)25)22(30)17-10-7-13-26-21(17)31-16-8-5-4-6-9-16/h4-14H,1-3H3,(H,27,29). The van der Waals surface area contributed by atoms with Crippen molar-refractivity contribution in [3.8, 4) is 11.6 Å². The fourth-order valence-electron chi connectivity index (χ4n) is 2.71. The number of pyridine rings is 1. The Morgan fingerprint density at radius 3 is 2.35 bits per heavy atom. The van der Waals surface area contributed by atoms with E-state index in [1.807, 2.05) is 18.2 Å². The van der Waals surface area contributed by atoms with Crippen molar-refractivity contribution in [2.24, 2.45) is 0 Å². The van der Waals surface area contributed by atoms with E-state index in [-0.39, 0.29) is 22.0 Å². The van der Waals surface area contributed by atoms with Crippen molar-refractivity contribution in [3.05, 3.63) is 88.0 Å². The number of nitrogens with one attached hydrogen (secondary N) is 1. The van der Waals surface area contributed by atoms with Gasteiger partial charge in [0, 0.05) is 11.2 Å². The molecule has 1 N–H and O–H groups in total. The second-order valence-corrected chi connectivity index (χ2v) is 8.49. The molecular formula is C23H21Cl2N3O3. The van der Waals surface area contributed by atoms with Gasteiger partial charge in [0.2, 0.25) is 5.88 Å². The molecule has 3 aromatic rings. The van der Waals surface area contributed by atoms with Crippen LogP contribution in [0.5, 0.6) is 11.6 Å². The van der Waals surface area contributed by atoms with E-state index in [0.717, 1.165) is 0 Å². The van der Waals surface area contributed by atoms with Crippen LogP contribution in [-0.4, -0.2) is 27.3 Å². The van der Waals surface area contributed by atoms with Gasteiger partial charge in [-0.15, -0.1) is 0 Å². The topological polar surface area (TPSA) is 71.5 Å². The third-order valence-electron chi connectivity index (χ3n) is 4.22. The molecule has 8 heteroatoms. The van der Waals surface area contributed by atoms with Crippen molar-refractivity contribution in [1.82, 2.24) is 15.4 Å².